The summed E-state index contributed by atoms with van der Waals surface area (Å²) in [4.78, 5) is 13.8. The molecule has 92 valence electrons. The van der Waals surface area contributed by atoms with Gasteiger partial charge < -0.3 is 11.1 Å². The van der Waals surface area contributed by atoms with Gasteiger partial charge in [0, 0.05) is 29.3 Å². The van der Waals surface area contributed by atoms with Crippen molar-refractivity contribution in [3.05, 3.63) is 28.2 Å². The van der Waals surface area contributed by atoms with Crippen LogP contribution in [0.15, 0.2) is 22.7 Å². The van der Waals surface area contributed by atoms with Crippen LogP contribution in [0.5, 0.6) is 0 Å². The Labute approximate surface area is 109 Å². The standard InChI is InChI=1S/C12H16BrN3O/c1-8-4-9(13)2-3-11(8)15-12(17)7-16-5-10(14)6-16/h2-4,10H,5-7,14H2,1H3,(H,15,17). The summed E-state index contributed by atoms with van der Waals surface area (Å²) >= 11 is 3.39. The molecule has 0 aromatic heterocycles. The summed E-state index contributed by atoms with van der Waals surface area (Å²) in [5.74, 6) is 0.0160. The van der Waals surface area contributed by atoms with Crippen molar-refractivity contribution in [2.24, 2.45) is 5.73 Å². The van der Waals surface area contributed by atoms with Crippen molar-refractivity contribution < 1.29 is 4.79 Å². The van der Waals surface area contributed by atoms with E-state index in [4.69, 9.17) is 5.73 Å². The fourth-order valence-corrected chi connectivity index (χ4v) is 2.37. The number of carbonyl (C=O) groups excluding carboxylic acids is 1. The average molecular weight is 298 g/mol. The van der Waals surface area contributed by atoms with Gasteiger partial charge in [-0.15, -0.1) is 0 Å². The maximum absolute atomic E-state index is 11.8. The molecule has 3 N–H and O–H groups in total. The number of anilines is 1. The quantitative estimate of drug-likeness (QED) is 0.885. The Morgan fingerprint density at radius 2 is 2.29 bits per heavy atom. The highest BCUT2D eigenvalue weighted by atomic mass is 79.9. The van der Waals surface area contributed by atoms with E-state index in [1.807, 2.05) is 30.0 Å². The molecule has 17 heavy (non-hydrogen) atoms. The predicted octanol–water partition coefficient (Wildman–Crippen LogP) is 1.34. The smallest absolute Gasteiger partial charge is 0.238 e. The molecule has 5 heteroatoms. The fraction of sp³-hybridized carbons (Fsp3) is 0.417. The highest BCUT2D eigenvalue weighted by Crippen LogP contribution is 2.20. The van der Waals surface area contributed by atoms with Crippen LogP contribution in [0.25, 0.3) is 0 Å². The molecule has 0 saturated carbocycles. The van der Waals surface area contributed by atoms with Gasteiger partial charge in [0.2, 0.25) is 5.91 Å². The van der Waals surface area contributed by atoms with Gasteiger partial charge in [0.25, 0.3) is 0 Å². The van der Waals surface area contributed by atoms with E-state index in [1.165, 1.54) is 0 Å². The van der Waals surface area contributed by atoms with Gasteiger partial charge in [0.1, 0.15) is 0 Å². The molecule has 1 heterocycles. The lowest BCUT2D eigenvalue weighted by atomic mass is 10.1. The van der Waals surface area contributed by atoms with Gasteiger partial charge in [-0.25, -0.2) is 0 Å². The number of nitrogens with zero attached hydrogens (tertiary/aromatic N) is 1. The Kier molecular flexibility index (Phi) is 3.81. The van der Waals surface area contributed by atoms with E-state index in [0.717, 1.165) is 28.8 Å². The topological polar surface area (TPSA) is 58.4 Å². The second-order valence-corrected chi connectivity index (χ2v) is 5.38. The van der Waals surface area contributed by atoms with Crippen LogP contribution in [0.3, 0.4) is 0 Å². The van der Waals surface area contributed by atoms with Gasteiger partial charge in [0.05, 0.1) is 6.54 Å². The molecule has 4 nitrogen and oxygen atoms in total. The number of aryl methyl sites for hydroxylation is 1. The van der Waals surface area contributed by atoms with Crippen LogP contribution in [0.1, 0.15) is 5.56 Å². The zero-order valence-electron chi connectivity index (χ0n) is 9.74. The van der Waals surface area contributed by atoms with Gasteiger partial charge >= 0.3 is 0 Å². The second-order valence-electron chi connectivity index (χ2n) is 4.46. The van der Waals surface area contributed by atoms with Crippen LogP contribution in [0, 0.1) is 6.92 Å². The van der Waals surface area contributed by atoms with Crippen LogP contribution in [-0.4, -0.2) is 36.5 Å². The van der Waals surface area contributed by atoms with E-state index in [0.29, 0.717) is 6.54 Å². The minimum Gasteiger partial charge on any atom is -0.325 e. The lowest BCUT2D eigenvalue weighted by Crippen LogP contribution is -2.57. The molecule has 0 radical (unpaired) electrons. The van der Waals surface area contributed by atoms with Crippen LogP contribution >= 0.6 is 15.9 Å². The van der Waals surface area contributed by atoms with Crippen LogP contribution in [0.4, 0.5) is 5.69 Å². The first-order valence-electron chi connectivity index (χ1n) is 5.58. The number of carbonyl (C=O) groups is 1. The molecule has 0 aliphatic carbocycles. The maximum Gasteiger partial charge on any atom is 0.238 e. The van der Waals surface area contributed by atoms with Crippen molar-refractivity contribution in [1.29, 1.82) is 0 Å². The number of hydrogen-bond donors (Lipinski definition) is 2. The van der Waals surface area contributed by atoms with Crippen molar-refractivity contribution >= 4 is 27.5 Å². The minimum absolute atomic E-state index is 0.0160. The molecular weight excluding hydrogens is 282 g/mol. The number of benzene rings is 1. The Morgan fingerprint density at radius 3 is 2.88 bits per heavy atom. The summed E-state index contributed by atoms with van der Waals surface area (Å²) in [6.45, 7) is 4.02. The second kappa shape index (κ2) is 5.16. The Bertz CT molecular complexity index is 430. The zero-order chi connectivity index (χ0) is 12.4. The van der Waals surface area contributed by atoms with Gasteiger partial charge in [0.15, 0.2) is 0 Å². The molecule has 2 rings (SSSR count). The third kappa shape index (κ3) is 3.28. The van der Waals surface area contributed by atoms with Crippen molar-refractivity contribution in [2.45, 2.75) is 13.0 Å². The molecule has 1 aromatic rings. The van der Waals surface area contributed by atoms with E-state index in [9.17, 15) is 4.79 Å². The van der Waals surface area contributed by atoms with Crippen molar-refractivity contribution in [3.63, 3.8) is 0 Å². The predicted molar refractivity (Wildman–Crippen MR) is 71.9 cm³/mol. The first-order chi connectivity index (χ1) is 8.04. The molecule has 1 aliphatic rings. The summed E-state index contributed by atoms with van der Waals surface area (Å²) in [6.07, 6.45) is 0. The molecule has 0 atom stereocenters. The summed E-state index contributed by atoms with van der Waals surface area (Å²) in [6, 6.07) is 6.04. The first-order valence-corrected chi connectivity index (χ1v) is 6.38. The molecule has 1 aromatic carbocycles. The summed E-state index contributed by atoms with van der Waals surface area (Å²) in [5, 5.41) is 2.91. The molecule has 1 amide bonds. The highest BCUT2D eigenvalue weighted by Gasteiger charge is 2.24. The molecule has 0 unspecified atom stereocenters. The largest absolute Gasteiger partial charge is 0.325 e. The van der Waals surface area contributed by atoms with E-state index in [2.05, 4.69) is 21.2 Å². The summed E-state index contributed by atoms with van der Waals surface area (Å²) in [7, 11) is 0. The van der Waals surface area contributed by atoms with Gasteiger partial charge in [-0.05, 0) is 30.7 Å². The monoisotopic (exact) mass is 297 g/mol. The highest BCUT2D eigenvalue weighted by molar-refractivity contribution is 9.10. The maximum atomic E-state index is 11.8. The Morgan fingerprint density at radius 1 is 1.59 bits per heavy atom. The van der Waals surface area contributed by atoms with Crippen molar-refractivity contribution in [1.82, 2.24) is 4.90 Å². The third-order valence-corrected chi connectivity index (χ3v) is 3.31. The van der Waals surface area contributed by atoms with Gasteiger partial charge in [-0.1, -0.05) is 15.9 Å². The first kappa shape index (κ1) is 12.5. The van der Waals surface area contributed by atoms with E-state index in [1.54, 1.807) is 0 Å². The lowest BCUT2D eigenvalue weighted by Gasteiger charge is -2.36. The number of halogens is 1. The normalized spacial score (nSPS) is 16.6. The Balaban J connectivity index is 1.89. The lowest BCUT2D eigenvalue weighted by molar-refractivity contribution is -0.118. The number of nitrogens with two attached hydrogens (primary N) is 1. The molecule has 0 bridgehead atoms. The van der Waals surface area contributed by atoms with Crippen LogP contribution < -0.4 is 11.1 Å². The van der Waals surface area contributed by atoms with E-state index >= 15 is 0 Å². The number of hydrogen-bond acceptors (Lipinski definition) is 3. The van der Waals surface area contributed by atoms with E-state index < -0.39 is 0 Å². The summed E-state index contributed by atoms with van der Waals surface area (Å²) < 4.78 is 1.02. The molecule has 1 saturated heterocycles. The molecular formula is C12H16BrN3O. The van der Waals surface area contributed by atoms with Crippen LogP contribution in [0.2, 0.25) is 0 Å². The van der Waals surface area contributed by atoms with Crippen molar-refractivity contribution in [3.8, 4) is 0 Å². The third-order valence-electron chi connectivity index (χ3n) is 2.82. The molecule has 0 spiro atoms. The summed E-state index contributed by atoms with van der Waals surface area (Å²) in [5.41, 5.74) is 7.57. The number of rotatable bonds is 3. The van der Waals surface area contributed by atoms with E-state index in [-0.39, 0.29) is 11.9 Å². The molecule has 1 aliphatic heterocycles. The van der Waals surface area contributed by atoms with Gasteiger partial charge in [-0.2, -0.15) is 0 Å². The van der Waals surface area contributed by atoms with Crippen molar-refractivity contribution in [2.75, 3.05) is 25.0 Å². The number of nitrogens with one attached hydrogen (secondary N) is 1. The molecule has 1 fully saturated rings. The van der Waals surface area contributed by atoms with Gasteiger partial charge in [-0.3, -0.25) is 9.69 Å². The Hall–Kier alpha value is -0.910. The SMILES string of the molecule is Cc1cc(Br)ccc1NC(=O)CN1CC(N)C1. The average Bonchev–Trinajstić information content (AvgIpc) is 2.20. The fourth-order valence-electron chi connectivity index (χ4n) is 1.90. The number of likely N-dealkylation sites (tertiary alicyclic amines) is 1. The zero-order valence-corrected chi connectivity index (χ0v) is 11.3. The number of amides is 1. The minimum atomic E-state index is 0.0160. The van der Waals surface area contributed by atoms with Crippen LogP contribution in [-0.2, 0) is 4.79 Å².